The Labute approximate surface area is 179 Å². The van der Waals surface area contributed by atoms with Crippen LogP contribution < -0.4 is 4.72 Å². The number of carbonyl (C=O) groups excluding carboxylic acids is 1. The third-order valence-electron chi connectivity index (χ3n) is 4.98. The number of aromatic nitrogens is 3. The summed E-state index contributed by atoms with van der Waals surface area (Å²) in [6.45, 7) is 1.74. The first kappa shape index (κ1) is 20.7. The highest BCUT2D eigenvalue weighted by atomic mass is 32.2. The molecular formula is C20H23N5O3S2. The fourth-order valence-corrected chi connectivity index (χ4v) is 5.27. The monoisotopic (exact) mass is 445 g/mol. The molecule has 3 aromatic heterocycles. The molecule has 0 saturated carbocycles. The van der Waals surface area contributed by atoms with E-state index in [1.165, 1.54) is 12.3 Å². The molecule has 0 atom stereocenters. The first-order valence-corrected chi connectivity index (χ1v) is 12.2. The zero-order valence-electron chi connectivity index (χ0n) is 16.4. The Morgan fingerprint density at radius 3 is 2.77 bits per heavy atom. The molecule has 4 rings (SSSR count). The van der Waals surface area contributed by atoms with Crippen molar-refractivity contribution >= 4 is 27.3 Å². The second kappa shape index (κ2) is 9.07. The molecule has 1 saturated heterocycles. The van der Waals surface area contributed by atoms with Gasteiger partial charge in [0.1, 0.15) is 10.6 Å². The summed E-state index contributed by atoms with van der Waals surface area (Å²) in [7, 11) is -3.66. The molecule has 8 nitrogen and oxygen atoms in total. The van der Waals surface area contributed by atoms with Crippen LogP contribution >= 0.6 is 11.3 Å². The van der Waals surface area contributed by atoms with E-state index in [0.29, 0.717) is 25.1 Å². The van der Waals surface area contributed by atoms with Crippen molar-refractivity contribution in [1.82, 2.24) is 24.6 Å². The number of carbonyl (C=O) groups is 1. The summed E-state index contributed by atoms with van der Waals surface area (Å²) in [6.07, 6.45) is 8.12. The third kappa shape index (κ3) is 4.77. The topological polar surface area (TPSA) is 108 Å². The second-order valence-corrected chi connectivity index (χ2v) is 9.82. The number of hydrogen-bond donors (Lipinski definition) is 2. The number of hydrogen-bond acceptors (Lipinski definition) is 6. The van der Waals surface area contributed by atoms with Crippen LogP contribution in [0.5, 0.6) is 0 Å². The summed E-state index contributed by atoms with van der Waals surface area (Å²) in [6, 6.07) is 5.23. The molecule has 2 N–H and O–H groups in total. The highest BCUT2D eigenvalue weighted by molar-refractivity contribution is 7.89. The molecule has 0 spiro atoms. The van der Waals surface area contributed by atoms with Crippen LogP contribution in [-0.2, 0) is 16.4 Å². The van der Waals surface area contributed by atoms with Crippen molar-refractivity contribution in [3.8, 4) is 11.3 Å². The van der Waals surface area contributed by atoms with Crippen molar-refractivity contribution in [2.75, 3.05) is 19.6 Å². The average molecular weight is 446 g/mol. The van der Waals surface area contributed by atoms with Crippen LogP contribution in [0.4, 0.5) is 0 Å². The van der Waals surface area contributed by atoms with Crippen LogP contribution in [0.1, 0.15) is 34.8 Å². The van der Waals surface area contributed by atoms with Gasteiger partial charge in [-0.05, 0) is 37.5 Å². The number of rotatable bonds is 8. The number of pyridine rings is 1. The van der Waals surface area contributed by atoms with Crippen molar-refractivity contribution < 1.29 is 13.2 Å². The molecule has 0 bridgehead atoms. The lowest BCUT2D eigenvalue weighted by Gasteiger charge is -2.13. The standard InChI is InChI=1S/C20H23N5O3S2/c26-20(25-10-1-2-11-25)17-12-16(13-22-17)30(27,28)23-7-3-4-19-24-18(14-29-19)15-5-8-21-9-6-15/h5-6,8-9,12-14,22-23H,1-4,7,10-11H2. The first-order chi connectivity index (χ1) is 14.5. The summed E-state index contributed by atoms with van der Waals surface area (Å²) in [5, 5.41) is 2.95. The van der Waals surface area contributed by atoms with Crippen LogP contribution in [0.15, 0.2) is 47.1 Å². The minimum atomic E-state index is -3.66. The molecule has 0 aliphatic carbocycles. The maximum Gasteiger partial charge on any atom is 0.270 e. The Morgan fingerprint density at radius 1 is 1.23 bits per heavy atom. The maximum atomic E-state index is 12.5. The Balaban J connectivity index is 1.29. The van der Waals surface area contributed by atoms with Gasteiger partial charge in [0.05, 0.1) is 10.7 Å². The number of sulfonamides is 1. The van der Waals surface area contributed by atoms with Gasteiger partial charge in [-0.2, -0.15) is 0 Å². The normalized spacial score (nSPS) is 14.3. The van der Waals surface area contributed by atoms with Crippen LogP contribution in [0.3, 0.4) is 0 Å². The number of nitrogens with one attached hydrogen (secondary N) is 2. The molecule has 30 heavy (non-hydrogen) atoms. The van der Waals surface area contributed by atoms with Gasteiger partial charge in [0, 0.05) is 55.6 Å². The summed E-state index contributed by atoms with van der Waals surface area (Å²) in [5.74, 6) is -0.150. The van der Waals surface area contributed by atoms with Crippen molar-refractivity contribution in [1.29, 1.82) is 0 Å². The van der Waals surface area contributed by atoms with E-state index in [-0.39, 0.29) is 10.8 Å². The van der Waals surface area contributed by atoms with Crippen LogP contribution in [0.25, 0.3) is 11.3 Å². The van der Waals surface area contributed by atoms with Gasteiger partial charge in [-0.3, -0.25) is 9.78 Å². The van der Waals surface area contributed by atoms with E-state index in [4.69, 9.17) is 0 Å². The first-order valence-electron chi connectivity index (χ1n) is 9.85. The van der Waals surface area contributed by atoms with E-state index >= 15 is 0 Å². The van der Waals surface area contributed by atoms with E-state index in [1.54, 1.807) is 28.6 Å². The number of aromatic amines is 1. The number of nitrogens with zero attached hydrogens (tertiary/aromatic N) is 3. The molecule has 0 aromatic carbocycles. The zero-order chi connectivity index (χ0) is 21.0. The molecule has 1 fully saturated rings. The van der Waals surface area contributed by atoms with Gasteiger partial charge in [-0.25, -0.2) is 18.1 Å². The van der Waals surface area contributed by atoms with Crippen molar-refractivity contribution in [3.63, 3.8) is 0 Å². The summed E-state index contributed by atoms with van der Waals surface area (Å²) < 4.78 is 27.6. The third-order valence-corrected chi connectivity index (χ3v) is 7.33. The van der Waals surface area contributed by atoms with Crippen molar-refractivity contribution in [2.45, 2.75) is 30.6 Å². The number of aryl methyl sites for hydroxylation is 1. The van der Waals surface area contributed by atoms with Gasteiger partial charge in [-0.15, -0.1) is 11.3 Å². The molecule has 158 valence electrons. The highest BCUT2D eigenvalue weighted by Crippen LogP contribution is 2.22. The van der Waals surface area contributed by atoms with Gasteiger partial charge >= 0.3 is 0 Å². The van der Waals surface area contributed by atoms with Gasteiger partial charge in [-0.1, -0.05) is 0 Å². The molecule has 10 heteroatoms. The van der Waals surface area contributed by atoms with Gasteiger partial charge in [0.2, 0.25) is 10.0 Å². The molecule has 1 amide bonds. The smallest absolute Gasteiger partial charge is 0.270 e. The SMILES string of the molecule is O=C(c1cc(S(=O)(=O)NCCCc2nc(-c3ccncc3)cs2)c[nH]1)N1CCCC1. The van der Waals surface area contributed by atoms with E-state index in [2.05, 4.69) is 19.7 Å². The van der Waals surface area contributed by atoms with E-state index < -0.39 is 10.0 Å². The van der Waals surface area contributed by atoms with Gasteiger partial charge in [0.25, 0.3) is 5.91 Å². The average Bonchev–Trinajstić information content (AvgIpc) is 3.53. The second-order valence-electron chi connectivity index (χ2n) is 7.11. The number of amides is 1. The lowest BCUT2D eigenvalue weighted by Crippen LogP contribution is -2.28. The van der Waals surface area contributed by atoms with E-state index in [1.807, 2.05) is 17.5 Å². The summed E-state index contributed by atoms with van der Waals surface area (Å²) >= 11 is 1.56. The van der Waals surface area contributed by atoms with Gasteiger partial charge in [0.15, 0.2) is 0 Å². The molecule has 4 heterocycles. The van der Waals surface area contributed by atoms with Crippen LogP contribution in [-0.4, -0.2) is 53.8 Å². The number of likely N-dealkylation sites (tertiary alicyclic amines) is 1. The Hall–Kier alpha value is -2.56. The lowest BCUT2D eigenvalue weighted by atomic mass is 10.2. The number of thiazole rings is 1. The van der Waals surface area contributed by atoms with Crippen LogP contribution in [0.2, 0.25) is 0 Å². The zero-order valence-corrected chi connectivity index (χ0v) is 18.0. The summed E-state index contributed by atoms with van der Waals surface area (Å²) in [4.78, 5) is 25.6. The van der Waals surface area contributed by atoms with E-state index in [9.17, 15) is 13.2 Å². The number of H-pyrrole nitrogens is 1. The Morgan fingerprint density at radius 2 is 2.00 bits per heavy atom. The summed E-state index contributed by atoms with van der Waals surface area (Å²) in [5.41, 5.74) is 2.23. The maximum absolute atomic E-state index is 12.5. The Bertz CT molecular complexity index is 1100. The predicted octanol–water partition coefficient (Wildman–Crippen LogP) is 2.68. The highest BCUT2D eigenvalue weighted by Gasteiger charge is 2.23. The lowest BCUT2D eigenvalue weighted by molar-refractivity contribution is 0.0787. The fourth-order valence-electron chi connectivity index (χ4n) is 3.35. The molecule has 3 aromatic rings. The molecule has 1 aliphatic heterocycles. The predicted molar refractivity (Wildman–Crippen MR) is 115 cm³/mol. The quantitative estimate of drug-likeness (QED) is 0.518. The van der Waals surface area contributed by atoms with Crippen molar-refractivity contribution in [3.05, 3.63) is 52.9 Å². The minimum absolute atomic E-state index is 0.0827. The molecule has 0 unspecified atom stereocenters. The van der Waals surface area contributed by atoms with Crippen molar-refractivity contribution in [2.24, 2.45) is 0 Å². The largest absolute Gasteiger partial charge is 0.356 e. The Kier molecular flexibility index (Phi) is 6.26. The molecular weight excluding hydrogens is 422 g/mol. The fraction of sp³-hybridized carbons (Fsp3) is 0.350. The minimum Gasteiger partial charge on any atom is -0.356 e. The van der Waals surface area contributed by atoms with E-state index in [0.717, 1.165) is 42.2 Å². The van der Waals surface area contributed by atoms with Gasteiger partial charge < -0.3 is 9.88 Å². The molecule has 0 radical (unpaired) electrons. The van der Waals surface area contributed by atoms with Crippen LogP contribution in [0, 0.1) is 0 Å². The molecule has 1 aliphatic rings.